The van der Waals surface area contributed by atoms with Crippen molar-refractivity contribution in [1.29, 1.82) is 0 Å². The van der Waals surface area contributed by atoms with E-state index < -0.39 is 12.6 Å². The van der Waals surface area contributed by atoms with Gasteiger partial charge in [0.2, 0.25) is 0 Å². The van der Waals surface area contributed by atoms with Crippen LogP contribution in [0, 0.1) is 0 Å². The highest BCUT2D eigenvalue weighted by atomic mass is 79.9. The van der Waals surface area contributed by atoms with Gasteiger partial charge in [-0.2, -0.15) is 13.2 Å². The highest BCUT2D eigenvalue weighted by molar-refractivity contribution is 9.10. The van der Waals surface area contributed by atoms with Crippen LogP contribution < -0.4 is 5.32 Å². The van der Waals surface area contributed by atoms with Crippen LogP contribution in [0.3, 0.4) is 0 Å². The lowest BCUT2D eigenvalue weighted by Crippen LogP contribution is -2.18. The van der Waals surface area contributed by atoms with Crippen LogP contribution in [0.4, 0.5) is 13.2 Å². The molecule has 1 aromatic rings. The molecule has 0 aliphatic carbocycles. The molecular weight excluding hydrogens is 330 g/mol. The standard InChI is InChI=1S/C12H14BrClF3N/c1-18-10(6-3-7-12(15,16)17)8-4-2-5-9(13)11(8)14/h2,4-5,10,18H,3,6-7H2,1H3. The first kappa shape index (κ1) is 15.8. The van der Waals surface area contributed by atoms with E-state index in [0.717, 1.165) is 10.0 Å². The summed E-state index contributed by atoms with van der Waals surface area (Å²) in [7, 11) is 1.72. The largest absolute Gasteiger partial charge is 0.389 e. The summed E-state index contributed by atoms with van der Waals surface area (Å²) in [6.07, 6.45) is -4.39. The minimum absolute atomic E-state index is 0.0812. The molecule has 0 amide bonds. The molecule has 0 heterocycles. The van der Waals surface area contributed by atoms with E-state index in [4.69, 9.17) is 11.6 Å². The van der Waals surface area contributed by atoms with Crippen LogP contribution in [-0.4, -0.2) is 13.2 Å². The summed E-state index contributed by atoms with van der Waals surface area (Å²) in [5.74, 6) is 0. The summed E-state index contributed by atoms with van der Waals surface area (Å²) in [4.78, 5) is 0. The number of hydrogen-bond donors (Lipinski definition) is 1. The molecular formula is C12H14BrClF3N. The first-order valence-corrected chi connectivity index (χ1v) is 6.70. The van der Waals surface area contributed by atoms with Gasteiger partial charge in [0.15, 0.2) is 0 Å². The van der Waals surface area contributed by atoms with Crippen molar-refractivity contribution in [3.8, 4) is 0 Å². The fourth-order valence-corrected chi connectivity index (χ4v) is 2.39. The number of hydrogen-bond acceptors (Lipinski definition) is 1. The lowest BCUT2D eigenvalue weighted by Gasteiger charge is -2.19. The summed E-state index contributed by atoms with van der Waals surface area (Å²) in [6.45, 7) is 0. The molecule has 1 nitrogen and oxygen atoms in total. The zero-order valence-electron chi connectivity index (χ0n) is 9.82. The Balaban J connectivity index is 2.69. The summed E-state index contributed by atoms with van der Waals surface area (Å²) >= 11 is 9.43. The third-order valence-electron chi connectivity index (χ3n) is 2.66. The molecule has 1 atom stereocenters. The molecule has 1 rings (SSSR count). The van der Waals surface area contributed by atoms with Gasteiger partial charge in [0.05, 0.1) is 5.02 Å². The van der Waals surface area contributed by atoms with Gasteiger partial charge in [0.25, 0.3) is 0 Å². The fraction of sp³-hybridized carbons (Fsp3) is 0.500. The Morgan fingerprint density at radius 3 is 2.61 bits per heavy atom. The van der Waals surface area contributed by atoms with E-state index in [1.807, 2.05) is 12.1 Å². The van der Waals surface area contributed by atoms with Crippen LogP contribution in [0.1, 0.15) is 30.9 Å². The van der Waals surface area contributed by atoms with Crippen molar-refractivity contribution < 1.29 is 13.2 Å². The zero-order valence-corrected chi connectivity index (χ0v) is 12.2. The van der Waals surface area contributed by atoms with E-state index in [1.165, 1.54) is 0 Å². The third-order valence-corrected chi connectivity index (χ3v) is 3.97. The third kappa shape index (κ3) is 4.78. The molecule has 0 aromatic heterocycles. The van der Waals surface area contributed by atoms with Gasteiger partial charge < -0.3 is 5.32 Å². The van der Waals surface area contributed by atoms with Crippen LogP contribution in [-0.2, 0) is 0 Å². The van der Waals surface area contributed by atoms with Gasteiger partial charge in [-0.15, -0.1) is 0 Å². The maximum Gasteiger partial charge on any atom is 0.389 e. The number of nitrogens with one attached hydrogen (secondary N) is 1. The first-order chi connectivity index (χ1) is 8.35. The maximum absolute atomic E-state index is 12.1. The minimum atomic E-state index is -4.10. The Morgan fingerprint density at radius 2 is 2.06 bits per heavy atom. The lowest BCUT2D eigenvalue weighted by atomic mass is 10.0. The molecule has 0 aliphatic heterocycles. The molecule has 0 saturated heterocycles. The molecule has 18 heavy (non-hydrogen) atoms. The van der Waals surface area contributed by atoms with Crippen LogP contribution in [0.25, 0.3) is 0 Å². The second-order valence-electron chi connectivity index (χ2n) is 3.99. The van der Waals surface area contributed by atoms with Crippen molar-refractivity contribution in [3.63, 3.8) is 0 Å². The Morgan fingerprint density at radius 1 is 1.39 bits per heavy atom. The Kier molecular flexibility index (Phi) is 5.95. The summed E-state index contributed by atoms with van der Waals surface area (Å²) in [6, 6.07) is 5.27. The predicted octanol–water partition coefficient (Wildman–Crippen LogP) is 5.10. The van der Waals surface area contributed by atoms with Gasteiger partial charge in [-0.1, -0.05) is 23.7 Å². The zero-order chi connectivity index (χ0) is 13.8. The van der Waals surface area contributed by atoms with Gasteiger partial charge >= 0.3 is 6.18 Å². The molecule has 1 aromatic carbocycles. The highest BCUT2D eigenvalue weighted by Gasteiger charge is 2.27. The van der Waals surface area contributed by atoms with E-state index >= 15 is 0 Å². The van der Waals surface area contributed by atoms with Gasteiger partial charge in [0, 0.05) is 16.9 Å². The second-order valence-corrected chi connectivity index (χ2v) is 5.22. The fourth-order valence-electron chi connectivity index (χ4n) is 1.75. The molecule has 0 saturated carbocycles. The molecule has 6 heteroatoms. The molecule has 102 valence electrons. The average Bonchev–Trinajstić information content (AvgIpc) is 2.27. The van der Waals surface area contributed by atoms with Gasteiger partial charge in [-0.3, -0.25) is 0 Å². The van der Waals surface area contributed by atoms with Crippen molar-refractivity contribution >= 4 is 27.5 Å². The molecule has 1 unspecified atom stereocenters. The average molecular weight is 345 g/mol. The SMILES string of the molecule is CNC(CCCC(F)(F)F)c1cccc(Br)c1Cl. The first-order valence-electron chi connectivity index (χ1n) is 5.53. The Labute approximate surface area is 118 Å². The molecule has 0 radical (unpaired) electrons. The summed E-state index contributed by atoms with van der Waals surface area (Å²) in [5.41, 5.74) is 0.815. The van der Waals surface area contributed by atoms with Crippen LogP contribution >= 0.6 is 27.5 Å². The van der Waals surface area contributed by atoms with E-state index in [1.54, 1.807) is 13.1 Å². The van der Waals surface area contributed by atoms with E-state index in [9.17, 15) is 13.2 Å². The molecule has 0 aliphatic rings. The van der Waals surface area contributed by atoms with Crippen molar-refractivity contribution in [2.24, 2.45) is 0 Å². The number of halogens is 5. The maximum atomic E-state index is 12.1. The van der Waals surface area contributed by atoms with Crippen LogP contribution in [0.2, 0.25) is 5.02 Å². The van der Waals surface area contributed by atoms with Crippen molar-refractivity contribution in [3.05, 3.63) is 33.3 Å². The smallest absolute Gasteiger partial charge is 0.313 e. The molecule has 1 N–H and O–H groups in total. The van der Waals surface area contributed by atoms with E-state index in [2.05, 4.69) is 21.2 Å². The van der Waals surface area contributed by atoms with Crippen molar-refractivity contribution in [2.45, 2.75) is 31.5 Å². The quantitative estimate of drug-likeness (QED) is 0.784. The van der Waals surface area contributed by atoms with Gasteiger partial charge in [0.1, 0.15) is 0 Å². The van der Waals surface area contributed by atoms with Crippen molar-refractivity contribution in [1.82, 2.24) is 5.32 Å². The monoisotopic (exact) mass is 343 g/mol. The Bertz CT molecular complexity index is 395. The van der Waals surface area contributed by atoms with Crippen LogP contribution in [0.15, 0.2) is 22.7 Å². The lowest BCUT2D eigenvalue weighted by molar-refractivity contribution is -0.135. The Hall–Kier alpha value is -0.260. The minimum Gasteiger partial charge on any atom is -0.313 e. The van der Waals surface area contributed by atoms with Gasteiger partial charge in [-0.25, -0.2) is 0 Å². The van der Waals surface area contributed by atoms with Crippen molar-refractivity contribution in [2.75, 3.05) is 7.05 Å². The highest BCUT2D eigenvalue weighted by Crippen LogP contribution is 2.33. The summed E-state index contributed by atoms with van der Waals surface area (Å²) < 4.78 is 37.1. The van der Waals surface area contributed by atoms with Crippen LogP contribution in [0.5, 0.6) is 0 Å². The second kappa shape index (κ2) is 6.78. The summed E-state index contributed by atoms with van der Waals surface area (Å²) in [5, 5.41) is 3.55. The van der Waals surface area contributed by atoms with E-state index in [0.29, 0.717) is 11.4 Å². The predicted molar refractivity (Wildman–Crippen MR) is 70.9 cm³/mol. The van der Waals surface area contributed by atoms with Gasteiger partial charge in [-0.05, 0) is 47.4 Å². The normalized spacial score (nSPS) is 13.7. The number of alkyl halides is 3. The van der Waals surface area contributed by atoms with E-state index in [-0.39, 0.29) is 12.5 Å². The molecule has 0 spiro atoms. The number of rotatable bonds is 5. The molecule has 0 fully saturated rings. The number of benzene rings is 1. The molecule has 0 bridgehead atoms. The topological polar surface area (TPSA) is 12.0 Å².